The van der Waals surface area contributed by atoms with Crippen molar-refractivity contribution >= 4 is 41.7 Å². The summed E-state index contributed by atoms with van der Waals surface area (Å²) in [6.07, 6.45) is -2.85. The number of rotatable bonds is 10. The van der Waals surface area contributed by atoms with Gasteiger partial charge in [-0.25, -0.2) is 4.98 Å². The molecule has 1 amide bonds. The van der Waals surface area contributed by atoms with Gasteiger partial charge in [0.25, 0.3) is 0 Å². The highest BCUT2D eigenvalue weighted by atomic mass is 127. The molecule has 0 aliphatic rings. The van der Waals surface area contributed by atoms with E-state index in [0.29, 0.717) is 45.1 Å². The van der Waals surface area contributed by atoms with Gasteiger partial charge < -0.3 is 20.9 Å². The first-order valence-corrected chi connectivity index (χ1v) is 9.39. The van der Waals surface area contributed by atoms with Crippen LogP contribution in [0.3, 0.4) is 0 Å². The summed E-state index contributed by atoms with van der Waals surface area (Å²) in [6.45, 7) is 8.60. The number of hydrogen-bond acceptors (Lipinski definition) is 4. The molecule has 0 unspecified atom stereocenters. The smallest absolute Gasteiger partial charge is 0.368 e. The van der Waals surface area contributed by atoms with Crippen LogP contribution < -0.4 is 16.0 Å². The van der Waals surface area contributed by atoms with E-state index in [4.69, 9.17) is 0 Å². The molecule has 1 aromatic rings. The van der Waals surface area contributed by atoms with E-state index in [0.717, 1.165) is 6.07 Å². The number of pyridine rings is 1. The van der Waals surface area contributed by atoms with E-state index in [-0.39, 0.29) is 42.2 Å². The third-order valence-electron chi connectivity index (χ3n) is 3.88. The molecule has 0 bridgehead atoms. The number of carbonyl (C=O) groups excluding carboxylic acids is 1. The summed E-state index contributed by atoms with van der Waals surface area (Å²) in [4.78, 5) is 21.8. The Bertz CT molecular complexity index is 638. The molecule has 0 atom stereocenters. The van der Waals surface area contributed by atoms with Crippen LogP contribution in [0.1, 0.15) is 32.8 Å². The monoisotopic (exact) mass is 530 g/mol. The summed E-state index contributed by atoms with van der Waals surface area (Å²) in [5.41, 5.74) is -0.800. The van der Waals surface area contributed by atoms with Crippen LogP contribution in [0.4, 0.5) is 19.0 Å². The average molecular weight is 530 g/mol. The molecular weight excluding hydrogens is 500 g/mol. The lowest BCUT2D eigenvalue weighted by Crippen LogP contribution is -2.40. The van der Waals surface area contributed by atoms with Gasteiger partial charge in [0.05, 0.1) is 12.1 Å². The van der Waals surface area contributed by atoms with E-state index >= 15 is 0 Å². The maximum Gasteiger partial charge on any atom is 0.419 e. The molecule has 0 radical (unpaired) electrons. The highest BCUT2D eigenvalue weighted by Crippen LogP contribution is 2.33. The van der Waals surface area contributed by atoms with E-state index in [1.54, 1.807) is 4.90 Å². The predicted octanol–water partition coefficient (Wildman–Crippen LogP) is 2.94. The van der Waals surface area contributed by atoms with Crippen molar-refractivity contribution in [3.05, 3.63) is 23.9 Å². The van der Waals surface area contributed by atoms with E-state index in [1.807, 2.05) is 20.8 Å². The first-order valence-electron chi connectivity index (χ1n) is 9.39. The Kier molecular flexibility index (Phi) is 13.4. The molecule has 166 valence electrons. The van der Waals surface area contributed by atoms with Crippen LogP contribution in [0.2, 0.25) is 0 Å². The van der Waals surface area contributed by atoms with Crippen molar-refractivity contribution in [1.29, 1.82) is 0 Å². The lowest BCUT2D eigenvalue weighted by Gasteiger charge is -2.18. The number of nitrogens with zero attached hydrogens (tertiary/aromatic N) is 3. The quantitative estimate of drug-likeness (QED) is 0.188. The summed E-state index contributed by atoms with van der Waals surface area (Å²) in [5.74, 6) is 0.346. The zero-order chi connectivity index (χ0) is 21.0. The van der Waals surface area contributed by atoms with Crippen LogP contribution in [-0.4, -0.2) is 61.0 Å². The van der Waals surface area contributed by atoms with E-state index in [9.17, 15) is 18.0 Å². The second-order valence-electron chi connectivity index (χ2n) is 5.83. The number of carbonyl (C=O) groups is 1. The van der Waals surface area contributed by atoms with Gasteiger partial charge in [-0.3, -0.25) is 9.79 Å². The zero-order valence-corrected chi connectivity index (χ0v) is 19.3. The number of hydrogen-bond donors (Lipinski definition) is 3. The molecule has 29 heavy (non-hydrogen) atoms. The Labute approximate surface area is 187 Å². The second-order valence-corrected chi connectivity index (χ2v) is 5.83. The molecule has 0 saturated carbocycles. The minimum atomic E-state index is -4.46. The minimum absolute atomic E-state index is 0. The molecule has 0 aromatic carbocycles. The van der Waals surface area contributed by atoms with Gasteiger partial charge in [0, 0.05) is 45.3 Å². The van der Waals surface area contributed by atoms with Crippen LogP contribution in [-0.2, 0) is 11.0 Å². The third-order valence-corrected chi connectivity index (χ3v) is 3.88. The minimum Gasteiger partial charge on any atom is -0.368 e. The first kappa shape index (κ1) is 27.2. The van der Waals surface area contributed by atoms with Gasteiger partial charge >= 0.3 is 6.18 Å². The van der Waals surface area contributed by atoms with Crippen molar-refractivity contribution in [3.63, 3.8) is 0 Å². The Hall–Kier alpha value is -1.79. The van der Waals surface area contributed by atoms with E-state index in [2.05, 4.69) is 25.9 Å². The van der Waals surface area contributed by atoms with Crippen LogP contribution in [0.5, 0.6) is 0 Å². The number of guanidine groups is 1. The lowest BCUT2D eigenvalue weighted by molar-refractivity contribution is -0.137. The fourth-order valence-corrected chi connectivity index (χ4v) is 2.48. The molecule has 11 heteroatoms. The summed E-state index contributed by atoms with van der Waals surface area (Å²) in [6, 6.07) is 2.24. The van der Waals surface area contributed by atoms with E-state index in [1.165, 1.54) is 12.3 Å². The number of aromatic nitrogens is 1. The second kappa shape index (κ2) is 14.2. The third kappa shape index (κ3) is 9.99. The summed E-state index contributed by atoms with van der Waals surface area (Å²) < 4.78 is 38.8. The fraction of sp³-hybridized carbons (Fsp3) is 0.611. The molecule has 1 aromatic heterocycles. The molecule has 0 aliphatic heterocycles. The van der Waals surface area contributed by atoms with Crippen LogP contribution in [0, 0.1) is 0 Å². The number of alkyl halides is 3. The van der Waals surface area contributed by atoms with Crippen molar-refractivity contribution in [2.45, 2.75) is 33.4 Å². The first-order chi connectivity index (χ1) is 13.3. The fourth-order valence-electron chi connectivity index (χ4n) is 2.48. The predicted molar refractivity (Wildman–Crippen MR) is 120 cm³/mol. The largest absolute Gasteiger partial charge is 0.419 e. The molecule has 7 nitrogen and oxygen atoms in total. The Balaban J connectivity index is 0.00000784. The van der Waals surface area contributed by atoms with Gasteiger partial charge in [-0.1, -0.05) is 0 Å². The summed E-state index contributed by atoms with van der Waals surface area (Å²) >= 11 is 0. The normalized spacial score (nSPS) is 11.4. The summed E-state index contributed by atoms with van der Waals surface area (Å²) in [7, 11) is 0. The lowest BCUT2D eigenvalue weighted by atomic mass is 10.2. The van der Waals surface area contributed by atoms with Crippen LogP contribution in [0.15, 0.2) is 23.3 Å². The van der Waals surface area contributed by atoms with Crippen molar-refractivity contribution in [1.82, 2.24) is 20.5 Å². The van der Waals surface area contributed by atoms with Crippen molar-refractivity contribution in [2.24, 2.45) is 4.99 Å². The standard InChI is InChI=1S/C18H29F3N6O.HI/c1-4-22-17(25-11-9-15(28)27(5-2)6-3)26-13-12-24-16-14(18(19,20)21)8-7-10-23-16;/h7-8,10H,4-6,9,11-13H2,1-3H3,(H,23,24)(H2,22,25,26);1H. The van der Waals surface area contributed by atoms with E-state index < -0.39 is 11.7 Å². The molecule has 0 fully saturated rings. The van der Waals surface area contributed by atoms with Crippen molar-refractivity contribution in [3.8, 4) is 0 Å². The van der Waals surface area contributed by atoms with Gasteiger partial charge in [-0.2, -0.15) is 13.2 Å². The maximum absolute atomic E-state index is 12.9. The number of amides is 1. The van der Waals surface area contributed by atoms with Crippen molar-refractivity contribution < 1.29 is 18.0 Å². The van der Waals surface area contributed by atoms with Gasteiger partial charge in [0.15, 0.2) is 5.96 Å². The SMILES string of the molecule is CCNC(=NCCC(=O)N(CC)CC)NCCNc1ncccc1C(F)(F)F.I. The van der Waals surface area contributed by atoms with Gasteiger partial charge in [-0.15, -0.1) is 24.0 Å². The number of anilines is 1. The Morgan fingerprint density at radius 1 is 1.17 bits per heavy atom. The zero-order valence-electron chi connectivity index (χ0n) is 17.0. The Morgan fingerprint density at radius 3 is 2.45 bits per heavy atom. The maximum atomic E-state index is 12.9. The molecule has 0 saturated heterocycles. The molecule has 1 rings (SSSR count). The highest BCUT2D eigenvalue weighted by molar-refractivity contribution is 14.0. The number of nitrogens with one attached hydrogen (secondary N) is 3. The summed E-state index contributed by atoms with van der Waals surface area (Å²) in [5, 5.41) is 8.75. The van der Waals surface area contributed by atoms with Crippen LogP contribution >= 0.6 is 24.0 Å². The molecule has 1 heterocycles. The average Bonchev–Trinajstić information content (AvgIpc) is 2.65. The molecule has 0 spiro atoms. The molecular formula is C18H30F3IN6O. The van der Waals surface area contributed by atoms with Crippen molar-refractivity contribution in [2.75, 3.05) is 44.6 Å². The van der Waals surface area contributed by atoms with Gasteiger partial charge in [-0.05, 0) is 32.9 Å². The Morgan fingerprint density at radius 2 is 1.86 bits per heavy atom. The number of halogens is 4. The van der Waals surface area contributed by atoms with Gasteiger partial charge in [0.1, 0.15) is 5.82 Å². The van der Waals surface area contributed by atoms with Crippen LogP contribution in [0.25, 0.3) is 0 Å². The highest BCUT2D eigenvalue weighted by Gasteiger charge is 2.33. The number of aliphatic imine (C=N–C) groups is 1. The topological polar surface area (TPSA) is 81.7 Å². The van der Waals surface area contributed by atoms with Gasteiger partial charge in [0.2, 0.25) is 5.91 Å². The molecule has 0 aliphatic carbocycles. The molecule has 3 N–H and O–H groups in total.